The van der Waals surface area contributed by atoms with E-state index in [9.17, 15) is 24.2 Å². The Morgan fingerprint density at radius 1 is 0.811 bits per heavy atom. The predicted molar refractivity (Wildman–Crippen MR) is 139 cm³/mol. The van der Waals surface area contributed by atoms with Gasteiger partial charge in [-0.1, -0.05) is 36.4 Å². The Bertz CT molecular complexity index is 1270. The molecule has 0 radical (unpaired) electrons. The molecule has 192 valence electrons. The Labute approximate surface area is 216 Å². The summed E-state index contributed by atoms with van der Waals surface area (Å²) >= 11 is 0. The largest absolute Gasteiger partial charge is 0.508 e. The number of hydrogen-bond acceptors (Lipinski definition) is 6. The standard InChI is InChI=1S/C30H31FN2O4/c1-18-24(10-5-11-27(18)31)28-25(29(36)19-6-3-8-22(34)12-19)16-33(21-14-32(2)15-21)17-26(28)30(37)20-7-4-9-23(35)13-20/h3-13,21,25-26,28,34-35H,14-17H2,1-2H3/t25-,26+,28+. The highest BCUT2D eigenvalue weighted by molar-refractivity contribution is 6.02. The number of Topliss-reactive ketones (excluding diaryl/α,β-unsaturated/α-hetero) is 2. The molecule has 5 rings (SSSR count). The van der Waals surface area contributed by atoms with Gasteiger partial charge in [0.25, 0.3) is 0 Å². The Hall–Kier alpha value is -3.55. The van der Waals surface area contributed by atoms with E-state index in [1.807, 2.05) is 7.05 Å². The molecule has 2 aliphatic rings. The van der Waals surface area contributed by atoms with Crippen LogP contribution >= 0.6 is 0 Å². The van der Waals surface area contributed by atoms with E-state index < -0.39 is 17.8 Å². The summed E-state index contributed by atoms with van der Waals surface area (Å²) < 4.78 is 14.8. The van der Waals surface area contributed by atoms with Crippen LogP contribution in [0.1, 0.15) is 37.8 Å². The highest BCUT2D eigenvalue weighted by Gasteiger charge is 2.48. The fourth-order valence-corrected chi connectivity index (χ4v) is 5.94. The number of nitrogens with zero attached hydrogens (tertiary/aromatic N) is 2. The van der Waals surface area contributed by atoms with E-state index in [1.54, 1.807) is 43.3 Å². The number of carbonyl (C=O) groups is 2. The molecule has 2 saturated heterocycles. The molecule has 2 heterocycles. The maximum Gasteiger partial charge on any atom is 0.167 e. The minimum absolute atomic E-state index is 0.00925. The van der Waals surface area contributed by atoms with Crippen LogP contribution in [-0.4, -0.2) is 70.8 Å². The van der Waals surface area contributed by atoms with Crippen molar-refractivity contribution in [2.45, 2.75) is 18.9 Å². The highest BCUT2D eigenvalue weighted by atomic mass is 19.1. The Kier molecular flexibility index (Phi) is 6.84. The number of halogens is 1. The number of ketones is 2. The van der Waals surface area contributed by atoms with Crippen LogP contribution in [0.2, 0.25) is 0 Å². The summed E-state index contributed by atoms with van der Waals surface area (Å²) in [7, 11) is 2.03. The number of phenols is 2. The fraction of sp³-hybridized carbons (Fsp3) is 0.333. The molecule has 0 aliphatic carbocycles. The predicted octanol–water partition coefficient (Wildman–Crippen LogP) is 4.26. The monoisotopic (exact) mass is 502 g/mol. The van der Waals surface area contributed by atoms with Crippen LogP contribution in [0, 0.1) is 24.6 Å². The average molecular weight is 503 g/mol. The third kappa shape index (κ3) is 4.89. The fourth-order valence-electron chi connectivity index (χ4n) is 5.94. The molecular formula is C30H31FN2O4. The van der Waals surface area contributed by atoms with Gasteiger partial charge in [-0.05, 0) is 55.4 Å². The molecule has 3 aromatic rings. The maximum atomic E-state index is 14.8. The van der Waals surface area contributed by atoms with E-state index in [0.29, 0.717) is 35.3 Å². The van der Waals surface area contributed by atoms with E-state index in [2.05, 4.69) is 9.80 Å². The number of rotatable bonds is 6. The molecule has 3 atom stereocenters. The van der Waals surface area contributed by atoms with Gasteiger partial charge in [0.05, 0.1) is 0 Å². The van der Waals surface area contributed by atoms with Gasteiger partial charge in [0.1, 0.15) is 17.3 Å². The number of likely N-dealkylation sites (tertiary alicyclic amines) is 2. The summed E-state index contributed by atoms with van der Waals surface area (Å²) in [5.41, 5.74) is 1.79. The zero-order valence-corrected chi connectivity index (χ0v) is 21.0. The number of likely N-dealkylation sites (N-methyl/N-ethyl adjacent to an activating group) is 1. The lowest BCUT2D eigenvalue weighted by atomic mass is 9.67. The van der Waals surface area contributed by atoms with Crippen molar-refractivity contribution in [3.05, 3.63) is 94.8 Å². The molecule has 2 fully saturated rings. The molecule has 0 aromatic heterocycles. The molecule has 3 aromatic carbocycles. The summed E-state index contributed by atoms with van der Waals surface area (Å²) in [5, 5.41) is 20.1. The summed E-state index contributed by atoms with van der Waals surface area (Å²) in [6, 6.07) is 17.5. The lowest BCUT2D eigenvalue weighted by Crippen LogP contribution is -2.63. The molecule has 0 amide bonds. The van der Waals surface area contributed by atoms with Crippen molar-refractivity contribution in [2.24, 2.45) is 11.8 Å². The van der Waals surface area contributed by atoms with Gasteiger partial charge in [-0.3, -0.25) is 14.5 Å². The van der Waals surface area contributed by atoms with Crippen molar-refractivity contribution < 1.29 is 24.2 Å². The van der Waals surface area contributed by atoms with Crippen LogP contribution in [0.4, 0.5) is 4.39 Å². The second-order valence-electron chi connectivity index (χ2n) is 10.4. The second-order valence-corrected chi connectivity index (χ2v) is 10.4. The molecule has 6 nitrogen and oxygen atoms in total. The lowest BCUT2D eigenvalue weighted by Gasteiger charge is -2.50. The minimum atomic E-state index is -0.631. The van der Waals surface area contributed by atoms with Crippen LogP contribution in [0.3, 0.4) is 0 Å². The molecule has 2 aliphatic heterocycles. The van der Waals surface area contributed by atoms with E-state index in [-0.39, 0.29) is 34.9 Å². The van der Waals surface area contributed by atoms with Gasteiger partial charge in [0.15, 0.2) is 11.6 Å². The van der Waals surface area contributed by atoms with Gasteiger partial charge < -0.3 is 15.1 Å². The second kappa shape index (κ2) is 10.1. The maximum absolute atomic E-state index is 14.8. The molecule has 37 heavy (non-hydrogen) atoms. The van der Waals surface area contributed by atoms with E-state index >= 15 is 0 Å². The first kappa shape index (κ1) is 25.1. The van der Waals surface area contributed by atoms with Crippen molar-refractivity contribution in [1.29, 1.82) is 0 Å². The molecule has 0 saturated carbocycles. The topological polar surface area (TPSA) is 81.1 Å². The highest BCUT2D eigenvalue weighted by Crippen LogP contribution is 2.43. The summed E-state index contributed by atoms with van der Waals surface area (Å²) in [4.78, 5) is 32.5. The molecular weight excluding hydrogens is 471 g/mol. The quantitative estimate of drug-likeness (QED) is 0.491. The summed E-state index contributed by atoms with van der Waals surface area (Å²) in [6.45, 7) is 4.21. The van der Waals surface area contributed by atoms with Crippen molar-refractivity contribution in [3.63, 3.8) is 0 Å². The van der Waals surface area contributed by atoms with Crippen LogP contribution in [0.25, 0.3) is 0 Å². The van der Waals surface area contributed by atoms with E-state index in [4.69, 9.17) is 0 Å². The molecule has 0 bridgehead atoms. The van der Waals surface area contributed by atoms with Gasteiger partial charge in [-0.15, -0.1) is 0 Å². The third-order valence-corrected chi connectivity index (χ3v) is 7.89. The Balaban J connectivity index is 1.64. The number of benzene rings is 3. The van der Waals surface area contributed by atoms with E-state index in [0.717, 1.165) is 13.1 Å². The van der Waals surface area contributed by atoms with Crippen molar-refractivity contribution in [1.82, 2.24) is 9.80 Å². The van der Waals surface area contributed by atoms with Crippen LogP contribution < -0.4 is 0 Å². The summed E-state index contributed by atoms with van der Waals surface area (Å²) in [5.74, 6) is -2.61. The summed E-state index contributed by atoms with van der Waals surface area (Å²) in [6.07, 6.45) is 0. The van der Waals surface area contributed by atoms with Crippen molar-refractivity contribution in [2.75, 3.05) is 33.2 Å². The lowest BCUT2D eigenvalue weighted by molar-refractivity contribution is 0.00160. The van der Waals surface area contributed by atoms with Gasteiger partial charge in [0.2, 0.25) is 0 Å². The van der Waals surface area contributed by atoms with Crippen LogP contribution in [0.15, 0.2) is 66.7 Å². The Morgan fingerprint density at radius 3 is 1.81 bits per heavy atom. The number of phenolic OH excluding ortho intramolecular Hbond substituents is 2. The first-order valence-electron chi connectivity index (χ1n) is 12.6. The first-order chi connectivity index (χ1) is 17.7. The molecule has 0 spiro atoms. The number of piperidine rings is 1. The van der Waals surface area contributed by atoms with Gasteiger partial charge in [0, 0.05) is 61.1 Å². The number of carbonyl (C=O) groups excluding carboxylic acids is 2. The first-order valence-corrected chi connectivity index (χ1v) is 12.6. The van der Waals surface area contributed by atoms with Gasteiger partial charge in [-0.25, -0.2) is 4.39 Å². The molecule has 7 heteroatoms. The zero-order valence-electron chi connectivity index (χ0n) is 21.0. The van der Waals surface area contributed by atoms with E-state index in [1.165, 1.54) is 30.3 Å². The van der Waals surface area contributed by atoms with Crippen LogP contribution in [0.5, 0.6) is 11.5 Å². The number of hydrogen-bond donors (Lipinski definition) is 2. The third-order valence-electron chi connectivity index (χ3n) is 7.89. The number of aromatic hydroxyl groups is 2. The van der Waals surface area contributed by atoms with Crippen molar-refractivity contribution in [3.8, 4) is 11.5 Å². The minimum Gasteiger partial charge on any atom is -0.508 e. The van der Waals surface area contributed by atoms with Gasteiger partial charge >= 0.3 is 0 Å². The smallest absolute Gasteiger partial charge is 0.167 e. The van der Waals surface area contributed by atoms with Crippen molar-refractivity contribution >= 4 is 11.6 Å². The normalized spacial score (nSPS) is 22.9. The zero-order chi connectivity index (χ0) is 26.3. The SMILES string of the molecule is Cc1c(F)cccc1[C@@H]1[C@@H](C(=O)c2cccc(O)c2)CN(C2CN(C)C2)C[C@H]1C(=O)c1cccc(O)c1. The molecule has 0 unspecified atom stereocenters. The average Bonchev–Trinajstić information content (AvgIpc) is 2.87. The van der Waals surface area contributed by atoms with Crippen LogP contribution in [-0.2, 0) is 0 Å². The molecule has 2 N–H and O–H groups in total. The Morgan fingerprint density at radius 2 is 1.32 bits per heavy atom. The van der Waals surface area contributed by atoms with Gasteiger partial charge in [-0.2, -0.15) is 0 Å².